The first kappa shape index (κ1) is 15.4. The summed E-state index contributed by atoms with van der Waals surface area (Å²) >= 11 is 9.63. The van der Waals surface area contributed by atoms with Crippen molar-refractivity contribution in [3.8, 4) is 0 Å². The van der Waals surface area contributed by atoms with Gasteiger partial charge in [0.15, 0.2) is 5.82 Å². The molecule has 1 aromatic heterocycles. The van der Waals surface area contributed by atoms with Gasteiger partial charge in [-0.15, -0.1) is 0 Å². The molecule has 3 nitrogen and oxygen atoms in total. The molecular formula is C15H16BrClN2O. The number of aryl methyl sites for hydroxylation is 1. The largest absolute Gasteiger partial charge is 0.369 e. The van der Waals surface area contributed by atoms with Crippen molar-refractivity contribution < 1.29 is 4.74 Å². The van der Waals surface area contributed by atoms with E-state index < -0.39 is 0 Å². The highest BCUT2D eigenvalue weighted by Crippen LogP contribution is 2.29. The second-order valence-electron chi connectivity index (χ2n) is 4.41. The van der Waals surface area contributed by atoms with Gasteiger partial charge in [-0.2, -0.15) is 0 Å². The first-order valence-corrected chi connectivity index (χ1v) is 7.64. The summed E-state index contributed by atoms with van der Waals surface area (Å²) in [5.74, 6) is 0.593. The molecule has 1 aromatic carbocycles. The van der Waals surface area contributed by atoms with Crippen molar-refractivity contribution in [2.24, 2.45) is 0 Å². The molecular weight excluding hydrogens is 340 g/mol. The Morgan fingerprint density at radius 2 is 1.95 bits per heavy atom. The lowest BCUT2D eigenvalue weighted by Gasteiger charge is -2.16. The number of hydrogen-bond acceptors (Lipinski definition) is 3. The van der Waals surface area contributed by atoms with Crippen LogP contribution in [0.3, 0.4) is 0 Å². The van der Waals surface area contributed by atoms with Gasteiger partial charge in [-0.1, -0.05) is 55.3 Å². The van der Waals surface area contributed by atoms with Crippen molar-refractivity contribution in [3.05, 3.63) is 57.0 Å². The number of aromatic nitrogens is 2. The van der Waals surface area contributed by atoms with Crippen molar-refractivity contribution in [2.75, 3.05) is 7.11 Å². The van der Waals surface area contributed by atoms with Gasteiger partial charge < -0.3 is 4.74 Å². The highest BCUT2D eigenvalue weighted by atomic mass is 79.9. The van der Waals surface area contributed by atoms with E-state index in [1.54, 1.807) is 7.11 Å². The van der Waals surface area contributed by atoms with Gasteiger partial charge >= 0.3 is 0 Å². The van der Waals surface area contributed by atoms with E-state index in [4.69, 9.17) is 16.3 Å². The van der Waals surface area contributed by atoms with Crippen molar-refractivity contribution in [3.63, 3.8) is 0 Å². The summed E-state index contributed by atoms with van der Waals surface area (Å²) in [6.07, 6.45) is 1.53. The number of halogens is 2. The van der Waals surface area contributed by atoms with Crippen LogP contribution in [-0.2, 0) is 11.2 Å². The van der Waals surface area contributed by atoms with Gasteiger partial charge in [0.05, 0.1) is 10.2 Å². The van der Waals surface area contributed by atoms with E-state index in [0.29, 0.717) is 11.0 Å². The minimum Gasteiger partial charge on any atom is -0.369 e. The number of nitrogens with zero attached hydrogens (tertiary/aromatic N) is 2. The highest BCUT2D eigenvalue weighted by molar-refractivity contribution is 9.10. The second-order valence-corrected chi connectivity index (χ2v) is 5.56. The lowest BCUT2D eigenvalue weighted by molar-refractivity contribution is 0.128. The van der Waals surface area contributed by atoms with Crippen molar-refractivity contribution in [2.45, 2.75) is 25.9 Å². The van der Waals surface area contributed by atoms with Gasteiger partial charge in [0.2, 0.25) is 0 Å². The third-order valence-electron chi connectivity index (χ3n) is 2.96. The molecule has 1 heterocycles. The van der Waals surface area contributed by atoms with E-state index >= 15 is 0 Å². The smallest absolute Gasteiger partial charge is 0.163 e. The number of benzene rings is 1. The summed E-state index contributed by atoms with van der Waals surface area (Å²) in [6, 6.07) is 9.89. The quantitative estimate of drug-likeness (QED) is 0.736. The molecule has 0 radical (unpaired) electrons. The zero-order valence-corrected chi connectivity index (χ0v) is 13.8. The molecule has 106 valence electrons. The molecule has 0 aliphatic heterocycles. The molecule has 0 N–H and O–H groups in total. The molecule has 2 rings (SSSR count). The monoisotopic (exact) mass is 354 g/mol. The molecule has 0 fully saturated rings. The molecule has 5 heteroatoms. The van der Waals surface area contributed by atoms with Gasteiger partial charge in [0, 0.05) is 7.11 Å². The van der Waals surface area contributed by atoms with E-state index in [-0.39, 0.29) is 6.10 Å². The van der Waals surface area contributed by atoms with E-state index in [2.05, 4.69) is 32.8 Å². The lowest BCUT2D eigenvalue weighted by Crippen LogP contribution is -2.11. The maximum absolute atomic E-state index is 6.19. The molecule has 0 spiro atoms. The molecule has 1 atom stereocenters. The lowest BCUT2D eigenvalue weighted by atomic mass is 10.1. The number of ether oxygens (including phenoxy) is 1. The zero-order valence-electron chi connectivity index (χ0n) is 11.4. The summed E-state index contributed by atoms with van der Waals surface area (Å²) < 4.78 is 6.32. The Morgan fingerprint density at radius 1 is 1.25 bits per heavy atom. The van der Waals surface area contributed by atoms with Crippen LogP contribution in [0.1, 0.15) is 36.5 Å². The Bertz CT molecular complexity index is 578. The van der Waals surface area contributed by atoms with Gasteiger partial charge in [-0.05, 0) is 27.9 Å². The predicted molar refractivity (Wildman–Crippen MR) is 84.0 cm³/mol. The second kappa shape index (κ2) is 7.16. The summed E-state index contributed by atoms with van der Waals surface area (Å²) in [6.45, 7) is 2.10. The fourth-order valence-electron chi connectivity index (χ4n) is 2.02. The Labute approximate surface area is 132 Å². The Kier molecular flexibility index (Phi) is 5.52. The molecule has 1 unspecified atom stereocenters. The SMILES string of the molecule is CCCc1nc(C(OC)c2ccccc2)nc(Cl)c1Br. The third-order valence-corrected chi connectivity index (χ3v) is 4.29. The molecule has 2 aromatic rings. The van der Waals surface area contributed by atoms with E-state index in [1.807, 2.05) is 30.3 Å². The summed E-state index contributed by atoms with van der Waals surface area (Å²) in [5, 5.41) is 0.427. The number of methoxy groups -OCH3 is 1. The number of hydrogen-bond donors (Lipinski definition) is 0. The van der Waals surface area contributed by atoms with Crippen LogP contribution >= 0.6 is 27.5 Å². The van der Waals surface area contributed by atoms with E-state index in [0.717, 1.165) is 28.6 Å². The Morgan fingerprint density at radius 3 is 2.55 bits per heavy atom. The molecule has 0 amide bonds. The fraction of sp³-hybridized carbons (Fsp3) is 0.333. The van der Waals surface area contributed by atoms with E-state index in [9.17, 15) is 0 Å². The average molecular weight is 356 g/mol. The van der Waals surface area contributed by atoms with Crippen molar-refractivity contribution in [1.82, 2.24) is 9.97 Å². The summed E-state index contributed by atoms with van der Waals surface area (Å²) in [4.78, 5) is 8.95. The zero-order chi connectivity index (χ0) is 14.5. The number of rotatable bonds is 5. The molecule has 0 saturated carbocycles. The van der Waals surface area contributed by atoms with Crippen molar-refractivity contribution in [1.29, 1.82) is 0 Å². The van der Waals surface area contributed by atoms with Gasteiger partial charge in [0.25, 0.3) is 0 Å². The van der Waals surface area contributed by atoms with Crippen LogP contribution in [0.4, 0.5) is 0 Å². The molecule has 0 aliphatic rings. The first-order chi connectivity index (χ1) is 9.67. The van der Waals surface area contributed by atoms with Crippen LogP contribution in [-0.4, -0.2) is 17.1 Å². The van der Waals surface area contributed by atoms with Gasteiger partial charge in [-0.25, -0.2) is 9.97 Å². The fourth-order valence-corrected chi connectivity index (χ4v) is 2.59. The normalized spacial score (nSPS) is 12.4. The molecule has 0 saturated heterocycles. The molecule has 0 aliphatic carbocycles. The van der Waals surface area contributed by atoms with Crippen LogP contribution in [0.25, 0.3) is 0 Å². The maximum atomic E-state index is 6.19. The molecule has 20 heavy (non-hydrogen) atoms. The molecule has 0 bridgehead atoms. The topological polar surface area (TPSA) is 35.0 Å². The Balaban J connectivity index is 2.45. The van der Waals surface area contributed by atoms with Crippen LogP contribution in [0.5, 0.6) is 0 Å². The average Bonchev–Trinajstić information content (AvgIpc) is 2.46. The first-order valence-electron chi connectivity index (χ1n) is 6.47. The standard InChI is InChI=1S/C15H16BrClN2O/c1-3-7-11-12(16)14(17)19-15(18-11)13(20-2)10-8-5-4-6-9-10/h4-6,8-9,13H,3,7H2,1-2H3. The summed E-state index contributed by atoms with van der Waals surface area (Å²) in [7, 11) is 1.65. The minimum absolute atomic E-state index is 0.308. The van der Waals surface area contributed by atoms with Crippen LogP contribution < -0.4 is 0 Å². The van der Waals surface area contributed by atoms with E-state index in [1.165, 1.54) is 0 Å². The predicted octanol–water partition coefficient (Wildman–Crippen LogP) is 4.58. The van der Waals surface area contributed by atoms with Crippen LogP contribution in [0.2, 0.25) is 5.15 Å². The maximum Gasteiger partial charge on any atom is 0.163 e. The van der Waals surface area contributed by atoms with Crippen LogP contribution in [0, 0.1) is 0 Å². The Hall–Kier alpha value is -0.970. The highest BCUT2D eigenvalue weighted by Gasteiger charge is 2.19. The third kappa shape index (κ3) is 3.37. The van der Waals surface area contributed by atoms with Crippen LogP contribution in [0.15, 0.2) is 34.8 Å². The summed E-state index contributed by atoms with van der Waals surface area (Å²) in [5.41, 5.74) is 1.93. The van der Waals surface area contributed by atoms with Gasteiger partial charge in [-0.3, -0.25) is 0 Å². The minimum atomic E-state index is -0.308. The van der Waals surface area contributed by atoms with Gasteiger partial charge in [0.1, 0.15) is 11.3 Å². The van der Waals surface area contributed by atoms with Crippen molar-refractivity contribution >= 4 is 27.5 Å².